The number of benzene rings is 2. The average Bonchev–Trinajstić information content (AvgIpc) is 2.56. The van der Waals surface area contributed by atoms with E-state index in [1.807, 2.05) is 43.3 Å². The number of fused-ring (bicyclic) bond motifs is 2. The van der Waals surface area contributed by atoms with Gasteiger partial charge in [-0.1, -0.05) is 35.9 Å². The second kappa shape index (κ2) is 5.89. The number of aryl methyl sites for hydroxylation is 1. The minimum Gasteiger partial charge on any atom is -0.387 e. The summed E-state index contributed by atoms with van der Waals surface area (Å²) in [5.41, 5.74) is 5.02. The molecule has 4 nitrogen and oxygen atoms in total. The van der Waals surface area contributed by atoms with Crippen LogP contribution in [0.25, 0.3) is 10.9 Å². The molecule has 1 aliphatic heterocycles. The van der Waals surface area contributed by atoms with E-state index in [1.54, 1.807) is 6.07 Å². The Morgan fingerprint density at radius 2 is 2.04 bits per heavy atom. The number of hydrogen-bond donors (Lipinski definition) is 2. The summed E-state index contributed by atoms with van der Waals surface area (Å²) in [4.78, 5) is 17.9. The van der Waals surface area contributed by atoms with Crippen molar-refractivity contribution in [3.05, 3.63) is 81.1 Å². The molecule has 3 aromatic rings. The lowest BCUT2D eigenvalue weighted by molar-refractivity contribution is 0.0875. The van der Waals surface area contributed by atoms with Crippen molar-refractivity contribution in [2.24, 2.45) is 0 Å². The minimum atomic E-state index is -0.482. The first-order valence-corrected chi connectivity index (χ1v) is 8.21. The predicted octanol–water partition coefficient (Wildman–Crippen LogP) is 2.89. The number of H-pyrrole nitrogens is 1. The maximum Gasteiger partial charge on any atom is 0.189 e. The summed E-state index contributed by atoms with van der Waals surface area (Å²) in [5, 5.41) is 11.1. The van der Waals surface area contributed by atoms with Crippen LogP contribution in [0, 0.1) is 6.92 Å². The number of aromatic nitrogens is 1. The fourth-order valence-corrected chi connectivity index (χ4v) is 3.51. The SMILES string of the molecule is Cc1ccc2[nH]c(CN3Cc4ccccc4[C@@H](O)C3)cc(=O)c2c1. The molecule has 2 N–H and O–H groups in total. The zero-order chi connectivity index (χ0) is 16.7. The van der Waals surface area contributed by atoms with Gasteiger partial charge >= 0.3 is 0 Å². The average molecular weight is 320 g/mol. The quantitative estimate of drug-likeness (QED) is 0.763. The number of pyridine rings is 1. The molecule has 2 heterocycles. The second-order valence-corrected chi connectivity index (χ2v) is 6.59. The van der Waals surface area contributed by atoms with Crippen molar-refractivity contribution >= 4 is 10.9 Å². The minimum absolute atomic E-state index is 0.0420. The molecule has 1 atom stereocenters. The van der Waals surface area contributed by atoms with Gasteiger partial charge in [-0.2, -0.15) is 0 Å². The van der Waals surface area contributed by atoms with Gasteiger partial charge in [0.25, 0.3) is 0 Å². The largest absolute Gasteiger partial charge is 0.387 e. The summed E-state index contributed by atoms with van der Waals surface area (Å²) in [6, 6.07) is 15.5. The molecule has 0 spiro atoms. The van der Waals surface area contributed by atoms with Gasteiger partial charge in [0.15, 0.2) is 5.43 Å². The van der Waals surface area contributed by atoms with E-state index < -0.39 is 6.10 Å². The van der Waals surface area contributed by atoms with E-state index in [0.29, 0.717) is 13.1 Å². The Morgan fingerprint density at radius 3 is 2.92 bits per heavy atom. The Morgan fingerprint density at radius 1 is 1.21 bits per heavy atom. The molecule has 2 aromatic carbocycles. The first-order chi connectivity index (χ1) is 11.6. The number of rotatable bonds is 2. The van der Waals surface area contributed by atoms with E-state index in [1.165, 1.54) is 0 Å². The van der Waals surface area contributed by atoms with E-state index in [0.717, 1.165) is 39.8 Å². The highest BCUT2D eigenvalue weighted by Gasteiger charge is 2.23. The molecule has 0 saturated carbocycles. The molecular formula is C20H20N2O2. The van der Waals surface area contributed by atoms with Gasteiger partial charge in [-0.3, -0.25) is 9.69 Å². The smallest absolute Gasteiger partial charge is 0.189 e. The number of nitrogens with zero attached hydrogens (tertiary/aromatic N) is 1. The van der Waals surface area contributed by atoms with Gasteiger partial charge in [0.1, 0.15) is 0 Å². The Hall–Kier alpha value is -2.43. The lowest BCUT2D eigenvalue weighted by atomic mass is 9.97. The summed E-state index contributed by atoms with van der Waals surface area (Å²) in [7, 11) is 0. The molecule has 0 aliphatic carbocycles. The van der Waals surface area contributed by atoms with Crippen molar-refractivity contribution in [3.63, 3.8) is 0 Å². The van der Waals surface area contributed by atoms with Crippen LogP contribution >= 0.6 is 0 Å². The molecule has 0 fully saturated rings. The number of β-amino-alcohol motifs (C(OH)–C–C–N with tert-alkyl or cyclic N) is 1. The highest BCUT2D eigenvalue weighted by atomic mass is 16.3. The molecule has 0 saturated heterocycles. The van der Waals surface area contributed by atoms with Crippen molar-refractivity contribution < 1.29 is 5.11 Å². The van der Waals surface area contributed by atoms with E-state index in [9.17, 15) is 9.90 Å². The van der Waals surface area contributed by atoms with E-state index in [2.05, 4.69) is 16.0 Å². The van der Waals surface area contributed by atoms with Crippen LogP contribution in [0.1, 0.15) is 28.5 Å². The molecule has 0 unspecified atom stereocenters. The zero-order valence-electron chi connectivity index (χ0n) is 13.6. The molecule has 122 valence electrons. The fraction of sp³-hybridized carbons (Fsp3) is 0.250. The Bertz CT molecular complexity index is 961. The number of aliphatic hydroxyl groups excluding tert-OH is 1. The third kappa shape index (κ3) is 2.75. The van der Waals surface area contributed by atoms with Crippen molar-refractivity contribution in [1.29, 1.82) is 0 Å². The van der Waals surface area contributed by atoms with Gasteiger partial charge in [0, 0.05) is 42.3 Å². The molecule has 4 rings (SSSR count). The maximum atomic E-state index is 12.4. The van der Waals surface area contributed by atoms with E-state index in [4.69, 9.17) is 0 Å². The van der Waals surface area contributed by atoms with Crippen LogP contribution in [0.5, 0.6) is 0 Å². The third-order valence-electron chi connectivity index (χ3n) is 4.67. The summed E-state index contributed by atoms with van der Waals surface area (Å²) >= 11 is 0. The van der Waals surface area contributed by atoms with Crippen LogP contribution < -0.4 is 5.43 Å². The third-order valence-corrected chi connectivity index (χ3v) is 4.67. The van der Waals surface area contributed by atoms with Gasteiger partial charge in [-0.05, 0) is 30.2 Å². The first kappa shape index (κ1) is 15.1. The number of aliphatic hydroxyl groups is 1. The van der Waals surface area contributed by atoms with Crippen LogP contribution in [-0.4, -0.2) is 21.5 Å². The molecule has 24 heavy (non-hydrogen) atoms. The Kier molecular flexibility index (Phi) is 3.71. The van der Waals surface area contributed by atoms with Crippen molar-refractivity contribution in [3.8, 4) is 0 Å². The topological polar surface area (TPSA) is 56.3 Å². The summed E-state index contributed by atoms with van der Waals surface area (Å²) in [6.07, 6.45) is -0.482. The van der Waals surface area contributed by atoms with Crippen LogP contribution in [0.15, 0.2) is 53.3 Å². The highest BCUT2D eigenvalue weighted by Crippen LogP contribution is 2.27. The number of nitrogens with one attached hydrogen (secondary N) is 1. The summed E-state index contributed by atoms with van der Waals surface area (Å²) in [6.45, 7) is 3.95. The predicted molar refractivity (Wildman–Crippen MR) is 94.8 cm³/mol. The normalized spacial score (nSPS) is 17.8. The number of hydrogen-bond acceptors (Lipinski definition) is 3. The van der Waals surface area contributed by atoms with Gasteiger partial charge in [0.05, 0.1) is 6.10 Å². The Balaban J connectivity index is 1.63. The van der Waals surface area contributed by atoms with Crippen LogP contribution in [0.4, 0.5) is 0 Å². The zero-order valence-corrected chi connectivity index (χ0v) is 13.6. The lowest BCUT2D eigenvalue weighted by Crippen LogP contribution is -2.33. The van der Waals surface area contributed by atoms with E-state index in [-0.39, 0.29) is 5.43 Å². The van der Waals surface area contributed by atoms with E-state index >= 15 is 0 Å². The van der Waals surface area contributed by atoms with Crippen molar-refractivity contribution in [1.82, 2.24) is 9.88 Å². The molecular weight excluding hydrogens is 300 g/mol. The number of aromatic amines is 1. The first-order valence-electron chi connectivity index (χ1n) is 8.21. The van der Waals surface area contributed by atoms with Gasteiger partial charge in [-0.25, -0.2) is 0 Å². The van der Waals surface area contributed by atoms with Crippen LogP contribution in [-0.2, 0) is 13.1 Å². The standard InChI is InChI=1S/C20H20N2O2/c1-13-6-7-18-17(8-13)19(23)9-15(21-18)11-22-10-14-4-2-3-5-16(14)20(24)12-22/h2-9,20,24H,10-12H2,1H3,(H,21,23)/t20-/m0/s1. The summed E-state index contributed by atoms with van der Waals surface area (Å²) < 4.78 is 0. The van der Waals surface area contributed by atoms with Crippen LogP contribution in [0.2, 0.25) is 0 Å². The van der Waals surface area contributed by atoms with Gasteiger partial charge in [-0.15, -0.1) is 0 Å². The van der Waals surface area contributed by atoms with Crippen molar-refractivity contribution in [2.45, 2.75) is 26.1 Å². The molecule has 4 heteroatoms. The molecule has 1 aliphatic rings. The molecule has 0 amide bonds. The molecule has 0 bridgehead atoms. The fourth-order valence-electron chi connectivity index (χ4n) is 3.51. The van der Waals surface area contributed by atoms with Crippen molar-refractivity contribution in [2.75, 3.05) is 6.54 Å². The molecule has 1 aromatic heterocycles. The highest BCUT2D eigenvalue weighted by molar-refractivity contribution is 5.79. The monoisotopic (exact) mass is 320 g/mol. The molecule has 0 radical (unpaired) electrons. The summed E-state index contributed by atoms with van der Waals surface area (Å²) in [5.74, 6) is 0. The van der Waals surface area contributed by atoms with Crippen LogP contribution in [0.3, 0.4) is 0 Å². The van der Waals surface area contributed by atoms with Gasteiger partial charge in [0.2, 0.25) is 0 Å². The van der Waals surface area contributed by atoms with Gasteiger partial charge < -0.3 is 10.1 Å². The lowest BCUT2D eigenvalue weighted by Gasteiger charge is -2.32. The maximum absolute atomic E-state index is 12.4. The Labute approximate surface area is 140 Å². The second-order valence-electron chi connectivity index (χ2n) is 6.59.